The third kappa shape index (κ3) is 5.11. The van der Waals surface area contributed by atoms with E-state index in [1.807, 2.05) is 12.1 Å². The molecule has 0 saturated carbocycles. The van der Waals surface area contributed by atoms with Crippen LogP contribution < -0.4 is 10.6 Å². The van der Waals surface area contributed by atoms with Crippen molar-refractivity contribution in [3.8, 4) is 0 Å². The highest BCUT2D eigenvalue weighted by Gasteiger charge is 2.23. The van der Waals surface area contributed by atoms with Gasteiger partial charge in [0.1, 0.15) is 12.3 Å². The number of furan rings is 1. The van der Waals surface area contributed by atoms with Crippen molar-refractivity contribution >= 4 is 5.96 Å². The van der Waals surface area contributed by atoms with Gasteiger partial charge in [0, 0.05) is 13.1 Å². The largest absolute Gasteiger partial charge is 0.467 e. The van der Waals surface area contributed by atoms with E-state index in [9.17, 15) is 0 Å². The van der Waals surface area contributed by atoms with E-state index < -0.39 is 0 Å². The molecule has 1 aliphatic heterocycles. The summed E-state index contributed by atoms with van der Waals surface area (Å²) in [7, 11) is 0. The lowest BCUT2D eigenvalue weighted by atomic mass is 10.0. The maximum atomic E-state index is 5.38. The topological polar surface area (TPSA) is 52.8 Å². The van der Waals surface area contributed by atoms with E-state index in [0.29, 0.717) is 12.6 Å². The molecule has 0 amide bonds. The average Bonchev–Trinajstić information content (AvgIpc) is 3.35. The Labute approximate surface area is 156 Å². The Hall–Kier alpha value is -2.27. The van der Waals surface area contributed by atoms with Gasteiger partial charge in [-0.3, -0.25) is 4.90 Å². The van der Waals surface area contributed by atoms with Gasteiger partial charge in [0.25, 0.3) is 0 Å². The van der Waals surface area contributed by atoms with Gasteiger partial charge in [-0.1, -0.05) is 29.8 Å². The fraction of sp³-hybridized carbons (Fsp3) is 0.476. The van der Waals surface area contributed by atoms with E-state index in [1.54, 1.807) is 6.26 Å². The molecule has 1 aromatic carbocycles. The molecule has 5 nitrogen and oxygen atoms in total. The monoisotopic (exact) mass is 354 g/mol. The Balaban J connectivity index is 1.68. The van der Waals surface area contributed by atoms with Gasteiger partial charge in [0.15, 0.2) is 5.96 Å². The van der Waals surface area contributed by atoms with Crippen molar-refractivity contribution in [2.24, 2.45) is 4.99 Å². The lowest BCUT2D eigenvalue weighted by Crippen LogP contribution is -2.42. The average molecular weight is 354 g/mol. The van der Waals surface area contributed by atoms with Crippen LogP contribution in [0.15, 0.2) is 52.1 Å². The molecule has 1 atom stereocenters. The van der Waals surface area contributed by atoms with E-state index in [1.165, 1.54) is 37.1 Å². The standard InChI is InChI=1S/C21H30N4O/c1-3-22-21(23-15-19-7-6-14-26-19)24-16-20(25-12-4-5-13-25)18-10-8-17(2)9-11-18/h6-11,14,20H,3-5,12-13,15-16H2,1-2H3,(H2,22,23,24). The zero-order chi connectivity index (χ0) is 18.2. The van der Waals surface area contributed by atoms with Gasteiger partial charge in [-0.15, -0.1) is 0 Å². The molecule has 0 aliphatic carbocycles. The third-order valence-electron chi connectivity index (χ3n) is 4.82. The summed E-state index contributed by atoms with van der Waals surface area (Å²) in [6.07, 6.45) is 4.26. The molecule has 2 heterocycles. The van der Waals surface area contributed by atoms with Crippen LogP contribution in [-0.2, 0) is 6.54 Å². The lowest BCUT2D eigenvalue weighted by molar-refractivity contribution is 0.245. The SMILES string of the molecule is CCNC(=NCc1ccco1)NCC(c1ccc(C)cc1)N1CCCC1. The molecule has 2 aromatic rings. The van der Waals surface area contributed by atoms with Crippen molar-refractivity contribution < 1.29 is 4.42 Å². The minimum Gasteiger partial charge on any atom is -0.467 e. The van der Waals surface area contributed by atoms with Gasteiger partial charge in [-0.05, 0) is 57.5 Å². The summed E-state index contributed by atoms with van der Waals surface area (Å²) in [5.41, 5.74) is 2.67. The fourth-order valence-corrected chi connectivity index (χ4v) is 3.39. The molecular weight excluding hydrogens is 324 g/mol. The number of rotatable bonds is 7. The summed E-state index contributed by atoms with van der Waals surface area (Å²) in [6.45, 7) is 8.78. The van der Waals surface area contributed by atoms with Gasteiger partial charge < -0.3 is 15.1 Å². The van der Waals surface area contributed by atoms with Crippen LogP contribution in [0.25, 0.3) is 0 Å². The van der Waals surface area contributed by atoms with E-state index in [4.69, 9.17) is 4.42 Å². The Kier molecular flexibility index (Phi) is 6.72. The predicted octanol–water partition coefficient (Wildman–Crippen LogP) is 3.48. The predicted molar refractivity (Wildman–Crippen MR) is 106 cm³/mol. The molecule has 1 saturated heterocycles. The second kappa shape index (κ2) is 9.43. The van der Waals surface area contributed by atoms with E-state index in [2.05, 4.69) is 58.6 Å². The summed E-state index contributed by atoms with van der Waals surface area (Å²) >= 11 is 0. The zero-order valence-electron chi connectivity index (χ0n) is 15.9. The van der Waals surface area contributed by atoms with Crippen molar-refractivity contribution in [3.05, 3.63) is 59.5 Å². The number of hydrogen-bond acceptors (Lipinski definition) is 3. The number of guanidine groups is 1. The first-order valence-corrected chi connectivity index (χ1v) is 9.61. The highest BCUT2D eigenvalue weighted by atomic mass is 16.3. The summed E-state index contributed by atoms with van der Waals surface area (Å²) in [6, 6.07) is 13.1. The second-order valence-electron chi connectivity index (χ2n) is 6.82. The van der Waals surface area contributed by atoms with E-state index >= 15 is 0 Å². The number of aliphatic imine (C=N–C) groups is 1. The first kappa shape index (κ1) is 18.5. The molecule has 0 spiro atoms. The smallest absolute Gasteiger partial charge is 0.191 e. The highest BCUT2D eigenvalue weighted by molar-refractivity contribution is 5.79. The molecular formula is C21H30N4O. The third-order valence-corrected chi connectivity index (χ3v) is 4.82. The van der Waals surface area contributed by atoms with Gasteiger partial charge in [0.2, 0.25) is 0 Å². The molecule has 140 valence electrons. The van der Waals surface area contributed by atoms with E-state index in [-0.39, 0.29) is 0 Å². The number of aryl methyl sites for hydroxylation is 1. The number of nitrogens with zero attached hydrogens (tertiary/aromatic N) is 2. The molecule has 3 rings (SSSR count). The first-order chi connectivity index (χ1) is 12.8. The first-order valence-electron chi connectivity index (χ1n) is 9.61. The van der Waals surface area contributed by atoms with Crippen LogP contribution in [0.1, 0.15) is 42.7 Å². The zero-order valence-corrected chi connectivity index (χ0v) is 15.9. The van der Waals surface area contributed by atoms with Crippen LogP contribution in [0.5, 0.6) is 0 Å². The van der Waals surface area contributed by atoms with Gasteiger partial charge in [-0.2, -0.15) is 0 Å². The number of nitrogens with one attached hydrogen (secondary N) is 2. The summed E-state index contributed by atoms with van der Waals surface area (Å²) < 4.78 is 5.38. The molecule has 1 fully saturated rings. The van der Waals surface area contributed by atoms with Crippen LogP contribution in [0.2, 0.25) is 0 Å². The lowest BCUT2D eigenvalue weighted by Gasteiger charge is -2.29. The van der Waals surface area contributed by atoms with Crippen molar-refractivity contribution in [2.45, 2.75) is 39.3 Å². The maximum absolute atomic E-state index is 5.38. The Bertz CT molecular complexity index is 673. The number of hydrogen-bond donors (Lipinski definition) is 2. The van der Waals surface area contributed by atoms with Crippen molar-refractivity contribution in [2.75, 3.05) is 26.2 Å². The fourth-order valence-electron chi connectivity index (χ4n) is 3.39. The quantitative estimate of drug-likeness (QED) is 0.590. The van der Waals surface area contributed by atoms with Crippen LogP contribution in [-0.4, -0.2) is 37.0 Å². The van der Waals surface area contributed by atoms with E-state index in [0.717, 1.165) is 24.8 Å². The summed E-state index contributed by atoms with van der Waals surface area (Å²) in [5, 5.41) is 6.86. The van der Waals surface area contributed by atoms with Crippen molar-refractivity contribution in [1.82, 2.24) is 15.5 Å². The highest BCUT2D eigenvalue weighted by Crippen LogP contribution is 2.24. The van der Waals surface area contributed by atoms with Crippen LogP contribution in [0.4, 0.5) is 0 Å². The summed E-state index contributed by atoms with van der Waals surface area (Å²) in [4.78, 5) is 7.22. The molecule has 1 aliphatic rings. The van der Waals surface area contributed by atoms with Crippen LogP contribution in [0.3, 0.4) is 0 Å². The van der Waals surface area contributed by atoms with Gasteiger partial charge in [0.05, 0.1) is 12.3 Å². The second-order valence-corrected chi connectivity index (χ2v) is 6.82. The Morgan fingerprint density at radius 3 is 2.58 bits per heavy atom. The molecule has 26 heavy (non-hydrogen) atoms. The number of likely N-dealkylation sites (tertiary alicyclic amines) is 1. The Morgan fingerprint density at radius 2 is 1.92 bits per heavy atom. The van der Waals surface area contributed by atoms with Crippen LogP contribution >= 0.6 is 0 Å². The molecule has 1 aromatic heterocycles. The molecule has 0 radical (unpaired) electrons. The normalized spacial score (nSPS) is 16.6. The molecule has 2 N–H and O–H groups in total. The maximum Gasteiger partial charge on any atom is 0.191 e. The van der Waals surface area contributed by atoms with Gasteiger partial charge >= 0.3 is 0 Å². The van der Waals surface area contributed by atoms with Crippen molar-refractivity contribution in [3.63, 3.8) is 0 Å². The number of benzene rings is 1. The Morgan fingerprint density at radius 1 is 1.15 bits per heavy atom. The molecule has 0 bridgehead atoms. The molecule has 5 heteroatoms. The van der Waals surface area contributed by atoms with Crippen molar-refractivity contribution in [1.29, 1.82) is 0 Å². The minimum atomic E-state index is 0.366. The minimum absolute atomic E-state index is 0.366. The van der Waals surface area contributed by atoms with Crippen LogP contribution in [0, 0.1) is 6.92 Å². The van der Waals surface area contributed by atoms with Gasteiger partial charge in [-0.25, -0.2) is 4.99 Å². The molecule has 1 unspecified atom stereocenters. The summed E-state index contributed by atoms with van der Waals surface area (Å²) in [5.74, 6) is 1.71.